The van der Waals surface area contributed by atoms with Crippen LogP contribution in [0.1, 0.15) is 25.7 Å². The van der Waals surface area contributed by atoms with Crippen molar-refractivity contribution in [3.8, 4) is 5.69 Å². The number of anilines is 1. The molecule has 0 atom stereocenters. The number of nitrogens with zero attached hydrogens (tertiary/aromatic N) is 4. The third-order valence-electron chi connectivity index (χ3n) is 5.71. The third-order valence-corrected chi connectivity index (χ3v) is 5.71. The van der Waals surface area contributed by atoms with Gasteiger partial charge in [-0.25, -0.2) is 4.68 Å². The number of hydrogen-bond donors (Lipinski definition) is 2. The quantitative estimate of drug-likeness (QED) is 0.727. The fraction of sp³-hybridized carbons (Fsp3) is 0.450. The summed E-state index contributed by atoms with van der Waals surface area (Å²) in [7, 11) is 0. The standard InChI is InChI=1S/C20H24N6O/c27-19-17-13-22-26(16-4-2-1-3-5-16)18(17)23-20(24-19)21-12-14-8-10-25(11-9-14)15-6-7-15/h1-5,13-15H,6-12H2,(H2,21,23,24,27). The summed E-state index contributed by atoms with van der Waals surface area (Å²) in [6.07, 6.45) is 6.74. The molecule has 2 aromatic heterocycles. The van der Waals surface area contributed by atoms with Gasteiger partial charge in [0, 0.05) is 12.6 Å². The van der Waals surface area contributed by atoms with Gasteiger partial charge in [-0.3, -0.25) is 9.78 Å². The Bertz CT molecular complexity index is 983. The molecule has 1 aromatic carbocycles. The van der Waals surface area contributed by atoms with E-state index in [1.807, 2.05) is 30.3 Å². The number of fused-ring (bicyclic) bond motifs is 1. The molecule has 1 saturated heterocycles. The summed E-state index contributed by atoms with van der Waals surface area (Å²) in [6, 6.07) is 10.6. The van der Waals surface area contributed by atoms with Crippen LogP contribution in [0.4, 0.5) is 5.95 Å². The highest BCUT2D eigenvalue weighted by Gasteiger charge is 2.31. The minimum absolute atomic E-state index is 0.159. The molecule has 3 aromatic rings. The van der Waals surface area contributed by atoms with Crippen molar-refractivity contribution in [1.29, 1.82) is 0 Å². The van der Waals surface area contributed by atoms with Crippen molar-refractivity contribution >= 4 is 17.0 Å². The Morgan fingerprint density at radius 3 is 2.63 bits per heavy atom. The van der Waals surface area contributed by atoms with Crippen LogP contribution in [0.2, 0.25) is 0 Å². The number of likely N-dealkylation sites (tertiary alicyclic amines) is 1. The molecule has 0 unspecified atom stereocenters. The van der Waals surface area contributed by atoms with Gasteiger partial charge in [0.05, 0.1) is 11.9 Å². The number of hydrogen-bond acceptors (Lipinski definition) is 5. The van der Waals surface area contributed by atoms with E-state index in [2.05, 4.69) is 25.3 Å². The topological polar surface area (TPSA) is 78.8 Å². The van der Waals surface area contributed by atoms with Gasteiger partial charge in [-0.05, 0) is 56.8 Å². The average molecular weight is 364 g/mol. The minimum atomic E-state index is -0.159. The molecule has 2 aliphatic rings. The summed E-state index contributed by atoms with van der Waals surface area (Å²) in [5.41, 5.74) is 1.31. The van der Waals surface area contributed by atoms with E-state index in [1.54, 1.807) is 10.9 Å². The second-order valence-corrected chi connectivity index (χ2v) is 7.64. The number of rotatable bonds is 5. The number of para-hydroxylation sites is 1. The second-order valence-electron chi connectivity index (χ2n) is 7.64. The summed E-state index contributed by atoms with van der Waals surface area (Å²) in [4.78, 5) is 22.5. The van der Waals surface area contributed by atoms with Crippen molar-refractivity contribution in [2.45, 2.75) is 31.7 Å². The number of aromatic nitrogens is 4. The van der Waals surface area contributed by atoms with Crippen LogP contribution in [0.5, 0.6) is 0 Å². The minimum Gasteiger partial charge on any atom is -0.355 e. The smallest absolute Gasteiger partial charge is 0.263 e. The Labute approximate surface area is 157 Å². The first-order valence-corrected chi connectivity index (χ1v) is 9.79. The Kier molecular flexibility index (Phi) is 4.16. The maximum Gasteiger partial charge on any atom is 0.263 e. The Morgan fingerprint density at radius 2 is 1.89 bits per heavy atom. The number of H-pyrrole nitrogens is 1. The monoisotopic (exact) mass is 364 g/mol. The van der Waals surface area contributed by atoms with E-state index in [0.717, 1.165) is 18.3 Å². The van der Waals surface area contributed by atoms with E-state index >= 15 is 0 Å². The van der Waals surface area contributed by atoms with E-state index in [1.165, 1.54) is 38.8 Å². The second kappa shape index (κ2) is 6.81. The molecule has 7 nitrogen and oxygen atoms in total. The van der Waals surface area contributed by atoms with Crippen LogP contribution in [0, 0.1) is 5.92 Å². The molecule has 2 fully saturated rings. The molecule has 2 N–H and O–H groups in total. The zero-order chi connectivity index (χ0) is 18.2. The maximum atomic E-state index is 12.4. The fourth-order valence-electron chi connectivity index (χ4n) is 3.96. The molecule has 1 saturated carbocycles. The zero-order valence-electron chi connectivity index (χ0n) is 15.3. The molecule has 3 heterocycles. The first-order chi connectivity index (χ1) is 13.3. The molecule has 5 rings (SSSR count). The molecule has 1 aliphatic heterocycles. The largest absolute Gasteiger partial charge is 0.355 e. The summed E-state index contributed by atoms with van der Waals surface area (Å²) in [5, 5.41) is 8.20. The van der Waals surface area contributed by atoms with Crippen molar-refractivity contribution in [2.24, 2.45) is 5.92 Å². The summed E-state index contributed by atoms with van der Waals surface area (Å²) in [6.45, 7) is 3.23. The van der Waals surface area contributed by atoms with Gasteiger partial charge in [0.2, 0.25) is 5.95 Å². The lowest BCUT2D eigenvalue weighted by Crippen LogP contribution is -2.37. The first kappa shape index (κ1) is 16.5. The van der Waals surface area contributed by atoms with Crippen molar-refractivity contribution < 1.29 is 0 Å². The fourth-order valence-corrected chi connectivity index (χ4v) is 3.96. The molecule has 7 heteroatoms. The number of piperidine rings is 1. The lowest BCUT2D eigenvalue weighted by atomic mass is 9.97. The molecule has 0 radical (unpaired) electrons. The van der Waals surface area contributed by atoms with Crippen LogP contribution in [0.15, 0.2) is 41.3 Å². The van der Waals surface area contributed by atoms with E-state index in [9.17, 15) is 4.79 Å². The van der Waals surface area contributed by atoms with E-state index in [4.69, 9.17) is 0 Å². The maximum absolute atomic E-state index is 12.4. The van der Waals surface area contributed by atoms with Crippen LogP contribution in [0.3, 0.4) is 0 Å². The molecule has 140 valence electrons. The van der Waals surface area contributed by atoms with Crippen molar-refractivity contribution in [3.63, 3.8) is 0 Å². The molecule has 27 heavy (non-hydrogen) atoms. The van der Waals surface area contributed by atoms with E-state index in [0.29, 0.717) is 22.9 Å². The highest BCUT2D eigenvalue weighted by atomic mass is 16.1. The Morgan fingerprint density at radius 1 is 1.11 bits per heavy atom. The van der Waals surface area contributed by atoms with Gasteiger partial charge in [-0.1, -0.05) is 18.2 Å². The first-order valence-electron chi connectivity index (χ1n) is 9.79. The predicted octanol–water partition coefficient (Wildman–Crippen LogP) is 2.40. The van der Waals surface area contributed by atoms with E-state index < -0.39 is 0 Å². The average Bonchev–Trinajstić information content (AvgIpc) is 3.47. The molecule has 0 spiro atoms. The van der Waals surface area contributed by atoms with Crippen LogP contribution >= 0.6 is 0 Å². The normalized spacial score (nSPS) is 18.8. The lowest BCUT2D eigenvalue weighted by molar-refractivity contribution is 0.181. The number of benzene rings is 1. The van der Waals surface area contributed by atoms with Gasteiger partial charge in [-0.2, -0.15) is 10.1 Å². The molecule has 0 amide bonds. The van der Waals surface area contributed by atoms with Gasteiger partial charge in [-0.15, -0.1) is 0 Å². The molecule has 1 aliphatic carbocycles. The predicted molar refractivity (Wildman–Crippen MR) is 105 cm³/mol. The summed E-state index contributed by atoms with van der Waals surface area (Å²) >= 11 is 0. The SMILES string of the molecule is O=c1[nH]c(NCC2CCN(C3CC3)CC2)nc2c1cnn2-c1ccccc1. The van der Waals surface area contributed by atoms with Gasteiger partial charge < -0.3 is 10.2 Å². The lowest BCUT2D eigenvalue weighted by Gasteiger charge is -2.32. The zero-order valence-corrected chi connectivity index (χ0v) is 15.3. The van der Waals surface area contributed by atoms with Crippen molar-refractivity contribution in [2.75, 3.05) is 25.0 Å². The Balaban J connectivity index is 1.32. The molecule has 0 bridgehead atoms. The van der Waals surface area contributed by atoms with Crippen molar-refractivity contribution in [1.82, 2.24) is 24.6 Å². The number of nitrogens with one attached hydrogen (secondary N) is 2. The molecular formula is C20H24N6O. The van der Waals surface area contributed by atoms with Gasteiger partial charge in [0.1, 0.15) is 5.39 Å². The highest BCUT2D eigenvalue weighted by Crippen LogP contribution is 2.30. The van der Waals surface area contributed by atoms with Crippen LogP contribution in [-0.4, -0.2) is 50.3 Å². The summed E-state index contributed by atoms with van der Waals surface area (Å²) in [5.74, 6) is 1.15. The van der Waals surface area contributed by atoms with E-state index in [-0.39, 0.29) is 5.56 Å². The Hall–Kier alpha value is -2.67. The molecular weight excluding hydrogens is 340 g/mol. The van der Waals surface area contributed by atoms with Crippen molar-refractivity contribution in [3.05, 3.63) is 46.9 Å². The van der Waals surface area contributed by atoms with Gasteiger partial charge in [0.15, 0.2) is 5.65 Å². The van der Waals surface area contributed by atoms with Crippen LogP contribution < -0.4 is 10.9 Å². The number of aromatic amines is 1. The highest BCUT2D eigenvalue weighted by molar-refractivity contribution is 5.76. The third kappa shape index (κ3) is 3.35. The van der Waals surface area contributed by atoms with Gasteiger partial charge >= 0.3 is 0 Å². The van der Waals surface area contributed by atoms with Crippen LogP contribution in [-0.2, 0) is 0 Å². The summed E-state index contributed by atoms with van der Waals surface area (Å²) < 4.78 is 1.71. The van der Waals surface area contributed by atoms with Crippen LogP contribution in [0.25, 0.3) is 16.7 Å². The van der Waals surface area contributed by atoms with Gasteiger partial charge in [0.25, 0.3) is 5.56 Å².